The van der Waals surface area contributed by atoms with Gasteiger partial charge in [0, 0.05) is 18.9 Å². The number of piperidine rings is 1. The molecule has 3 heterocycles. The number of hydrogen-bond donors (Lipinski definition) is 3. The molecule has 4 fully saturated rings. The van der Waals surface area contributed by atoms with E-state index < -0.39 is 42.6 Å². The van der Waals surface area contributed by atoms with E-state index in [2.05, 4.69) is 20.7 Å². The number of rotatable bonds is 7. The lowest BCUT2D eigenvalue weighted by molar-refractivity contribution is -0.183. The number of hydrogen-bond acceptors (Lipinski definition) is 4. The number of halogens is 3. The van der Waals surface area contributed by atoms with E-state index in [1.165, 1.54) is 30.2 Å². The summed E-state index contributed by atoms with van der Waals surface area (Å²) in [5.41, 5.74) is 1.99. The largest absolute Gasteiger partial charge is 0.465 e. The highest BCUT2D eigenvalue weighted by atomic mass is 19.4. The summed E-state index contributed by atoms with van der Waals surface area (Å²) < 4.78 is 41.1. The average Bonchev–Trinajstić information content (AvgIpc) is 3.71. The third-order valence-electron chi connectivity index (χ3n) is 8.91. The molecule has 3 N–H and O–H groups in total. The molecule has 0 radical (unpaired) electrons. The number of alkyl halides is 3. The molecule has 2 amide bonds. The van der Waals surface area contributed by atoms with Crippen LogP contribution in [0.15, 0.2) is 18.3 Å². The van der Waals surface area contributed by atoms with Gasteiger partial charge in [-0.25, -0.2) is 14.3 Å². The standard InChI is InChI=1S/C25H30F3N5O3/c26-25(27,28)17-7-13(22(34)29-11-17)8-18-5-6-20-30-19(12-33(20)32-18)21(31-23(35)36)14-9-24(10-14,15-1-2-15)16-3-4-16/h5-6,12-17,21,31H,1-4,7-11H2,(H,29,34)(H,35,36)/t13?,17-,21+/m1/s1. The molecule has 3 saturated carbocycles. The van der Waals surface area contributed by atoms with E-state index in [0.29, 0.717) is 22.5 Å². The van der Waals surface area contributed by atoms with Crippen molar-refractivity contribution in [2.24, 2.45) is 35.0 Å². The van der Waals surface area contributed by atoms with E-state index >= 15 is 0 Å². The Morgan fingerprint density at radius 1 is 1.22 bits per heavy atom. The molecular formula is C25H30F3N5O3. The fourth-order valence-electron chi connectivity index (χ4n) is 6.81. The van der Waals surface area contributed by atoms with Gasteiger partial charge < -0.3 is 15.7 Å². The molecule has 8 nitrogen and oxygen atoms in total. The SMILES string of the molecule is O=C(O)N[C@H](c1cn2nc(CC3C[C@@H](C(F)(F)F)CNC3=O)ccc2n1)C1CC(C2CC2)(C2CC2)C1. The highest BCUT2D eigenvalue weighted by molar-refractivity contribution is 5.79. The van der Waals surface area contributed by atoms with Crippen LogP contribution in [0.25, 0.3) is 5.65 Å². The van der Waals surface area contributed by atoms with Gasteiger partial charge in [0.15, 0.2) is 5.65 Å². The molecule has 3 atom stereocenters. The Labute approximate surface area is 206 Å². The van der Waals surface area contributed by atoms with Crippen molar-refractivity contribution < 1.29 is 27.9 Å². The topological polar surface area (TPSA) is 109 Å². The van der Waals surface area contributed by atoms with Crippen LogP contribution in [0.2, 0.25) is 0 Å². The van der Waals surface area contributed by atoms with E-state index in [4.69, 9.17) is 0 Å². The number of imidazole rings is 1. The molecule has 36 heavy (non-hydrogen) atoms. The molecule has 6 rings (SSSR count). The van der Waals surface area contributed by atoms with E-state index in [9.17, 15) is 27.9 Å². The van der Waals surface area contributed by atoms with Crippen molar-refractivity contribution in [3.63, 3.8) is 0 Å². The lowest BCUT2D eigenvalue weighted by Crippen LogP contribution is -2.47. The van der Waals surface area contributed by atoms with Gasteiger partial charge >= 0.3 is 12.3 Å². The molecule has 0 aromatic carbocycles. The quantitative estimate of drug-likeness (QED) is 0.525. The molecule has 194 valence electrons. The Morgan fingerprint density at radius 2 is 1.92 bits per heavy atom. The molecule has 11 heteroatoms. The lowest BCUT2D eigenvalue weighted by Gasteiger charge is -2.51. The first kappa shape index (κ1) is 23.5. The van der Waals surface area contributed by atoms with E-state index in [1.54, 1.807) is 18.3 Å². The van der Waals surface area contributed by atoms with Crippen LogP contribution in [0.3, 0.4) is 0 Å². The number of carboxylic acid groups (broad SMARTS) is 1. The Kier molecular flexibility index (Phi) is 5.46. The highest BCUT2D eigenvalue weighted by Gasteiger charge is 2.61. The van der Waals surface area contributed by atoms with Crippen molar-refractivity contribution in [1.82, 2.24) is 25.2 Å². The Hall–Kier alpha value is -2.85. The highest BCUT2D eigenvalue weighted by Crippen LogP contribution is 2.70. The van der Waals surface area contributed by atoms with Gasteiger partial charge in [0.2, 0.25) is 5.91 Å². The maximum Gasteiger partial charge on any atom is 0.405 e. The zero-order chi connectivity index (χ0) is 25.2. The zero-order valence-corrected chi connectivity index (χ0v) is 19.8. The first-order valence-electron chi connectivity index (χ1n) is 12.8. The Balaban J connectivity index is 1.20. The van der Waals surface area contributed by atoms with Gasteiger partial charge in [-0.2, -0.15) is 18.3 Å². The monoisotopic (exact) mass is 505 g/mol. The van der Waals surface area contributed by atoms with Crippen LogP contribution in [0.4, 0.5) is 18.0 Å². The predicted octanol–water partition coefficient (Wildman–Crippen LogP) is 4.11. The number of nitrogens with one attached hydrogen (secondary N) is 2. The number of nitrogens with zero attached hydrogens (tertiary/aromatic N) is 3. The molecule has 1 unspecified atom stereocenters. The van der Waals surface area contributed by atoms with Crippen molar-refractivity contribution in [1.29, 1.82) is 0 Å². The molecular weight excluding hydrogens is 475 g/mol. The van der Waals surface area contributed by atoms with Crippen LogP contribution in [0, 0.1) is 35.0 Å². The van der Waals surface area contributed by atoms with Crippen LogP contribution in [0.5, 0.6) is 0 Å². The molecule has 2 aromatic heterocycles. The molecule has 0 bridgehead atoms. The molecule has 1 aliphatic heterocycles. The van der Waals surface area contributed by atoms with Gasteiger partial charge in [-0.1, -0.05) is 0 Å². The Bertz CT molecular complexity index is 1170. The molecule has 3 aliphatic carbocycles. The number of aromatic nitrogens is 3. The van der Waals surface area contributed by atoms with E-state index in [1.807, 2.05) is 0 Å². The fraction of sp³-hybridized carbons (Fsp3) is 0.680. The minimum Gasteiger partial charge on any atom is -0.465 e. The number of amides is 2. The van der Waals surface area contributed by atoms with Crippen molar-refractivity contribution in [3.8, 4) is 0 Å². The summed E-state index contributed by atoms with van der Waals surface area (Å²) in [6.45, 7) is -0.391. The summed E-state index contributed by atoms with van der Waals surface area (Å²) in [6, 6.07) is 2.95. The maximum atomic E-state index is 13.2. The van der Waals surface area contributed by atoms with Gasteiger partial charge in [0.1, 0.15) is 0 Å². The van der Waals surface area contributed by atoms with E-state index in [0.717, 1.165) is 24.7 Å². The third-order valence-corrected chi connectivity index (χ3v) is 8.91. The Morgan fingerprint density at radius 3 is 2.53 bits per heavy atom. The van der Waals surface area contributed by atoms with Gasteiger partial charge in [-0.05, 0) is 80.2 Å². The molecule has 2 aromatic rings. The fourth-order valence-corrected chi connectivity index (χ4v) is 6.81. The minimum atomic E-state index is -4.35. The maximum absolute atomic E-state index is 13.2. The number of fused-ring (bicyclic) bond motifs is 1. The van der Waals surface area contributed by atoms with Crippen LogP contribution in [-0.4, -0.2) is 44.4 Å². The normalized spacial score (nSPS) is 27.4. The second-order valence-electron chi connectivity index (χ2n) is 11.3. The van der Waals surface area contributed by atoms with E-state index in [-0.39, 0.29) is 18.8 Å². The smallest absolute Gasteiger partial charge is 0.405 e. The van der Waals surface area contributed by atoms with Crippen LogP contribution < -0.4 is 10.6 Å². The predicted molar refractivity (Wildman–Crippen MR) is 122 cm³/mol. The number of carbonyl (C=O) groups excluding carboxylic acids is 1. The van der Waals surface area contributed by atoms with Gasteiger partial charge in [-0.3, -0.25) is 4.79 Å². The van der Waals surface area contributed by atoms with Crippen molar-refractivity contribution in [3.05, 3.63) is 29.7 Å². The van der Waals surface area contributed by atoms with Gasteiger partial charge in [-0.15, -0.1) is 0 Å². The second kappa shape index (κ2) is 8.34. The summed E-state index contributed by atoms with van der Waals surface area (Å²) in [4.78, 5) is 28.5. The summed E-state index contributed by atoms with van der Waals surface area (Å²) in [5.74, 6) is -1.02. The third kappa shape index (κ3) is 4.30. The summed E-state index contributed by atoms with van der Waals surface area (Å²) in [5, 5.41) is 19.1. The first-order chi connectivity index (χ1) is 17.1. The lowest BCUT2D eigenvalue weighted by atomic mass is 9.54. The van der Waals surface area contributed by atoms with Gasteiger partial charge in [0.05, 0.1) is 29.5 Å². The summed E-state index contributed by atoms with van der Waals surface area (Å²) in [6.07, 6.45) is 3.23. The molecule has 1 saturated heterocycles. The van der Waals surface area contributed by atoms with Gasteiger partial charge in [0.25, 0.3) is 0 Å². The first-order valence-corrected chi connectivity index (χ1v) is 12.8. The molecule has 4 aliphatic rings. The van der Waals surface area contributed by atoms with Crippen LogP contribution >= 0.6 is 0 Å². The van der Waals surface area contributed by atoms with Crippen LogP contribution in [0.1, 0.15) is 62.4 Å². The number of carbonyl (C=O) groups is 2. The van der Waals surface area contributed by atoms with Crippen molar-refractivity contribution in [2.75, 3.05) is 6.54 Å². The average molecular weight is 506 g/mol. The second-order valence-corrected chi connectivity index (χ2v) is 11.3. The van der Waals surface area contributed by atoms with Crippen molar-refractivity contribution in [2.45, 2.75) is 63.6 Å². The summed E-state index contributed by atoms with van der Waals surface area (Å²) >= 11 is 0. The summed E-state index contributed by atoms with van der Waals surface area (Å²) in [7, 11) is 0. The van der Waals surface area contributed by atoms with Crippen LogP contribution in [-0.2, 0) is 11.2 Å². The molecule has 0 spiro atoms. The zero-order valence-electron chi connectivity index (χ0n) is 19.8. The minimum absolute atomic E-state index is 0.0899. The van der Waals surface area contributed by atoms with Crippen molar-refractivity contribution >= 4 is 17.6 Å².